The van der Waals surface area contributed by atoms with E-state index in [9.17, 15) is 4.79 Å². The van der Waals surface area contributed by atoms with Gasteiger partial charge in [0, 0.05) is 18.4 Å². The maximum absolute atomic E-state index is 11.7. The van der Waals surface area contributed by atoms with Crippen LogP contribution in [0.4, 0.5) is 0 Å². The van der Waals surface area contributed by atoms with Crippen LogP contribution in [-0.2, 0) is 4.79 Å². The highest BCUT2D eigenvalue weighted by molar-refractivity contribution is 5.82. The van der Waals surface area contributed by atoms with E-state index in [2.05, 4.69) is 11.4 Å². The number of carbonyl (C=O) groups is 1. The average Bonchev–Trinajstić information content (AvgIpc) is 2.61. The van der Waals surface area contributed by atoms with E-state index in [1.165, 1.54) is 12.8 Å². The summed E-state index contributed by atoms with van der Waals surface area (Å²) in [6.45, 7) is 2.68. The molecule has 0 saturated heterocycles. The molecule has 0 bridgehead atoms. The molecule has 0 aromatic carbocycles. The normalized spacial score (nSPS) is 18.9. The number of carbonyl (C=O) groups excluding carboxylic acids is 1. The maximum atomic E-state index is 11.7. The van der Waals surface area contributed by atoms with E-state index in [0.29, 0.717) is 13.0 Å². The minimum Gasteiger partial charge on any atom is -0.356 e. The summed E-state index contributed by atoms with van der Waals surface area (Å²) in [5, 5.41) is 11.2. The first kappa shape index (κ1) is 11.0. The van der Waals surface area contributed by atoms with Gasteiger partial charge in [0.2, 0.25) is 5.91 Å². The van der Waals surface area contributed by atoms with Gasteiger partial charge in [-0.3, -0.25) is 4.79 Å². The number of rotatable bonds is 4. The van der Waals surface area contributed by atoms with Crippen LogP contribution in [0.15, 0.2) is 0 Å². The second kappa shape index (κ2) is 4.99. The third-order valence-corrected chi connectivity index (χ3v) is 3.01. The lowest BCUT2D eigenvalue weighted by molar-refractivity contribution is -0.129. The van der Waals surface area contributed by atoms with E-state index in [4.69, 9.17) is 5.26 Å². The van der Waals surface area contributed by atoms with E-state index in [1.807, 2.05) is 6.92 Å². The Balaban J connectivity index is 2.24. The fourth-order valence-electron chi connectivity index (χ4n) is 1.97. The van der Waals surface area contributed by atoms with Gasteiger partial charge in [-0.05, 0) is 19.3 Å². The first-order valence-electron chi connectivity index (χ1n) is 5.34. The third kappa shape index (κ3) is 2.73. The van der Waals surface area contributed by atoms with Gasteiger partial charge < -0.3 is 5.32 Å². The van der Waals surface area contributed by atoms with Crippen LogP contribution in [0, 0.1) is 16.7 Å². The topological polar surface area (TPSA) is 52.9 Å². The van der Waals surface area contributed by atoms with E-state index in [1.54, 1.807) is 0 Å². The van der Waals surface area contributed by atoms with Gasteiger partial charge in [-0.1, -0.05) is 19.8 Å². The molecule has 1 rings (SSSR count). The van der Waals surface area contributed by atoms with Gasteiger partial charge in [-0.15, -0.1) is 0 Å². The zero-order valence-corrected chi connectivity index (χ0v) is 8.81. The summed E-state index contributed by atoms with van der Waals surface area (Å²) in [6.07, 6.45) is 5.65. The fourth-order valence-corrected chi connectivity index (χ4v) is 1.97. The highest BCUT2D eigenvalue weighted by atomic mass is 16.2. The van der Waals surface area contributed by atoms with E-state index < -0.39 is 0 Å². The molecule has 1 aliphatic carbocycles. The zero-order chi connectivity index (χ0) is 10.4. The van der Waals surface area contributed by atoms with Crippen molar-refractivity contribution in [3.8, 4) is 6.07 Å². The first-order valence-corrected chi connectivity index (χ1v) is 5.34. The average molecular weight is 194 g/mol. The van der Waals surface area contributed by atoms with Gasteiger partial charge in [0.05, 0.1) is 6.07 Å². The molecule has 0 aromatic rings. The van der Waals surface area contributed by atoms with E-state index >= 15 is 0 Å². The number of nitriles is 1. The highest BCUT2D eigenvalue weighted by Crippen LogP contribution is 2.37. The van der Waals surface area contributed by atoms with Crippen LogP contribution in [0.1, 0.15) is 45.4 Å². The van der Waals surface area contributed by atoms with Gasteiger partial charge in [-0.25, -0.2) is 0 Å². The van der Waals surface area contributed by atoms with Crippen LogP contribution in [-0.4, -0.2) is 12.5 Å². The summed E-state index contributed by atoms with van der Waals surface area (Å²) in [5.74, 6) is 0.174. The van der Waals surface area contributed by atoms with Crippen LogP contribution in [0.2, 0.25) is 0 Å². The molecule has 3 heteroatoms. The Morgan fingerprint density at radius 1 is 1.50 bits per heavy atom. The van der Waals surface area contributed by atoms with E-state index in [-0.39, 0.29) is 11.3 Å². The van der Waals surface area contributed by atoms with Crippen LogP contribution in [0.25, 0.3) is 0 Å². The summed E-state index contributed by atoms with van der Waals surface area (Å²) >= 11 is 0. The molecule has 0 aliphatic heterocycles. The standard InChI is InChI=1S/C11H18N2O/c1-11(6-2-3-7-11)10(14)13-9-5-4-8-12/h2-7,9H2,1H3,(H,13,14). The van der Waals surface area contributed by atoms with Gasteiger partial charge in [0.15, 0.2) is 0 Å². The number of nitrogens with one attached hydrogen (secondary N) is 1. The number of amides is 1. The largest absolute Gasteiger partial charge is 0.356 e. The predicted octanol–water partition coefficient (Wildman–Crippen LogP) is 1.99. The Kier molecular flexibility index (Phi) is 3.94. The molecule has 0 spiro atoms. The quantitative estimate of drug-likeness (QED) is 0.696. The second-order valence-electron chi connectivity index (χ2n) is 4.29. The second-order valence-corrected chi connectivity index (χ2v) is 4.29. The summed E-state index contributed by atoms with van der Waals surface area (Å²) < 4.78 is 0. The zero-order valence-electron chi connectivity index (χ0n) is 8.81. The van der Waals surface area contributed by atoms with Crippen molar-refractivity contribution in [2.45, 2.75) is 45.4 Å². The number of nitrogens with zero attached hydrogens (tertiary/aromatic N) is 1. The van der Waals surface area contributed by atoms with Crippen molar-refractivity contribution in [2.75, 3.05) is 6.54 Å². The van der Waals surface area contributed by atoms with Crippen molar-refractivity contribution in [1.29, 1.82) is 5.26 Å². The molecular weight excluding hydrogens is 176 g/mol. The van der Waals surface area contributed by atoms with Crippen molar-refractivity contribution >= 4 is 5.91 Å². The highest BCUT2D eigenvalue weighted by Gasteiger charge is 2.35. The smallest absolute Gasteiger partial charge is 0.225 e. The van der Waals surface area contributed by atoms with Crippen molar-refractivity contribution in [2.24, 2.45) is 5.41 Å². The lowest BCUT2D eigenvalue weighted by atomic mass is 9.88. The molecule has 3 nitrogen and oxygen atoms in total. The molecule has 1 N–H and O–H groups in total. The van der Waals surface area contributed by atoms with Gasteiger partial charge in [0.25, 0.3) is 0 Å². The summed E-state index contributed by atoms with van der Waals surface area (Å²) in [6, 6.07) is 2.07. The molecule has 0 unspecified atom stereocenters. The number of hydrogen-bond donors (Lipinski definition) is 1. The molecule has 1 saturated carbocycles. The number of unbranched alkanes of at least 4 members (excludes halogenated alkanes) is 1. The van der Waals surface area contributed by atoms with Crippen molar-refractivity contribution in [1.82, 2.24) is 5.32 Å². The Morgan fingerprint density at radius 2 is 2.14 bits per heavy atom. The summed E-state index contributed by atoms with van der Waals surface area (Å²) in [4.78, 5) is 11.7. The lowest BCUT2D eigenvalue weighted by Crippen LogP contribution is -2.37. The third-order valence-electron chi connectivity index (χ3n) is 3.01. The molecule has 1 fully saturated rings. The Bertz CT molecular complexity index is 236. The fraction of sp³-hybridized carbons (Fsp3) is 0.818. The van der Waals surface area contributed by atoms with E-state index in [0.717, 1.165) is 19.3 Å². The van der Waals surface area contributed by atoms with Crippen LogP contribution < -0.4 is 5.32 Å². The molecule has 0 atom stereocenters. The van der Waals surface area contributed by atoms with Gasteiger partial charge in [0.1, 0.15) is 0 Å². The first-order chi connectivity index (χ1) is 6.69. The molecular formula is C11H18N2O. The SMILES string of the molecule is CC1(C(=O)NCCCC#N)CCCC1. The van der Waals surface area contributed by atoms with Crippen molar-refractivity contribution < 1.29 is 4.79 Å². The molecule has 14 heavy (non-hydrogen) atoms. The monoisotopic (exact) mass is 194 g/mol. The minimum atomic E-state index is -0.132. The van der Waals surface area contributed by atoms with Crippen molar-refractivity contribution in [3.05, 3.63) is 0 Å². The van der Waals surface area contributed by atoms with Crippen LogP contribution in [0.3, 0.4) is 0 Å². The van der Waals surface area contributed by atoms with Crippen LogP contribution >= 0.6 is 0 Å². The Morgan fingerprint density at radius 3 is 2.71 bits per heavy atom. The molecule has 1 amide bonds. The van der Waals surface area contributed by atoms with Gasteiger partial charge in [-0.2, -0.15) is 5.26 Å². The maximum Gasteiger partial charge on any atom is 0.225 e. The molecule has 0 aromatic heterocycles. The molecule has 78 valence electrons. The molecule has 1 aliphatic rings. The molecule has 0 radical (unpaired) electrons. The summed E-state index contributed by atoms with van der Waals surface area (Å²) in [5.41, 5.74) is -0.132. The predicted molar refractivity (Wildman–Crippen MR) is 54.4 cm³/mol. The van der Waals surface area contributed by atoms with Crippen LogP contribution in [0.5, 0.6) is 0 Å². The lowest BCUT2D eigenvalue weighted by Gasteiger charge is -2.21. The summed E-state index contributed by atoms with van der Waals surface area (Å²) in [7, 11) is 0. The Hall–Kier alpha value is -1.04. The van der Waals surface area contributed by atoms with Crippen molar-refractivity contribution in [3.63, 3.8) is 0 Å². The Labute approximate surface area is 85.5 Å². The minimum absolute atomic E-state index is 0.132. The number of hydrogen-bond acceptors (Lipinski definition) is 2. The van der Waals surface area contributed by atoms with Gasteiger partial charge >= 0.3 is 0 Å². The molecule has 0 heterocycles.